The maximum Gasteiger partial charge on any atom is 0.237 e. The van der Waals surface area contributed by atoms with Crippen LogP contribution in [0.3, 0.4) is 0 Å². The number of nitrogens with two attached hydrogens (primary N) is 1. The molecule has 1 unspecified atom stereocenters. The normalized spacial score (nSPS) is 13.1. The van der Waals surface area contributed by atoms with Crippen molar-refractivity contribution in [3.8, 4) is 0 Å². The van der Waals surface area contributed by atoms with Crippen LogP contribution >= 0.6 is 0 Å². The van der Waals surface area contributed by atoms with Gasteiger partial charge in [-0.2, -0.15) is 0 Å². The molecule has 0 aromatic heterocycles. The SMILES string of the molecule is CCCC(C(=O)N(C)c1cccc(F)c1)C(N)=NO. The molecule has 104 valence electrons. The standard InChI is InChI=1S/C13H18FN3O2/c1-3-5-11(12(15)16-19)13(18)17(2)10-7-4-6-9(14)8-10/h4,6-8,11,19H,3,5H2,1-2H3,(H2,15,16). The Hall–Kier alpha value is -2.11. The first kappa shape index (κ1) is 14.9. The van der Waals surface area contributed by atoms with Gasteiger partial charge in [0.1, 0.15) is 5.82 Å². The van der Waals surface area contributed by atoms with Crippen molar-refractivity contribution in [2.75, 3.05) is 11.9 Å². The Morgan fingerprint density at radius 1 is 1.58 bits per heavy atom. The van der Waals surface area contributed by atoms with Crippen molar-refractivity contribution < 1.29 is 14.4 Å². The number of amides is 1. The molecule has 1 aromatic carbocycles. The fourth-order valence-corrected chi connectivity index (χ4v) is 1.80. The van der Waals surface area contributed by atoms with E-state index in [1.54, 1.807) is 6.07 Å². The third kappa shape index (κ3) is 3.67. The first-order chi connectivity index (χ1) is 9.01. The summed E-state index contributed by atoms with van der Waals surface area (Å²) < 4.78 is 13.1. The van der Waals surface area contributed by atoms with Gasteiger partial charge in [0, 0.05) is 12.7 Å². The van der Waals surface area contributed by atoms with Gasteiger partial charge >= 0.3 is 0 Å². The van der Waals surface area contributed by atoms with Crippen molar-refractivity contribution in [2.45, 2.75) is 19.8 Å². The second-order valence-corrected chi connectivity index (χ2v) is 4.24. The minimum Gasteiger partial charge on any atom is -0.409 e. The molecule has 19 heavy (non-hydrogen) atoms. The van der Waals surface area contributed by atoms with Crippen LogP contribution < -0.4 is 10.6 Å². The van der Waals surface area contributed by atoms with Crippen LogP contribution in [0.25, 0.3) is 0 Å². The number of amidine groups is 1. The molecule has 0 aliphatic heterocycles. The Bertz CT molecular complexity index is 477. The first-order valence-corrected chi connectivity index (χ1v) is 6.01. The van der Waals surface area contributed by atoms with E-state index in [-0.39, 0.29) is 11.7 Å². The molecule has 3 N–H and O–H groups in total. The predicted molar refractivity (Wildman–Crippen MR) is 71.6 cm³/mol. The summed E-state index contributed by atoms with van der Waals surface area (Å²) in [6.07, 6.45) is 1.18. The third-order valence-corrected chi connectivity index (χ3v) is 2.87. The molecule has 1 atom stereocenters. The molecular formula is C13H18FN3O2. The summed E-state index contributed by atoms with van der Waals surface area (Å²) in [6, 6.07) is 5.70. The number of nitrogens with zero attached hydrogens (tertiary/aromatic N) is 2. The number of rotatable bonds is 5. The average molecular weight is 267 g/mol. The number of carbonyl (C=O) groups excluding carboxylic acids is 1. The highest BCUT2D eigenvalue weighted by atomic mass is 19.1. The number of hydrogen-bond acceptors (Lipinski definition) is 3. The Balaban J connectivity index is 2.96. The van der Waals surface area contributed by atoms with Gasteiger partial charge in [-0.15, -0.1) is 0 Å². The van der Waals surface area contributed by atoms with E-state index in [1.807, 2.05) is 6.92 Å². The minimum atomic E-state index is -0.705. The van der Waals surface area contributed by atoms with Gasteiger partial charge < -0.3 is 15.8 Å². The monoisotopic (exact) mass is 267 g/mol. The molecular weight excluding hydrogens is 249 g/mol. The summed E-state index contributed by atoms with van der Waals surface area (Å²) in [7, 11) is 1.53. The Morgan fingerprint density at radius 2 is 2.26 bits per heavy atom. The van der Waals surface area contributed by atoms with E-state index in [1.165, 1.54) is 30.1 Å². The highest BCUT2D eigenvalue weighted by Crippen LogP contribution is 2.18. The van der Waals surface area contributed by atoms with Crippen LogP contribution in [-0.4, -0.2) is 24.0 Å². The molecule has 1 aromatic rings. The number of hydrogen-bond donors (Lipinski definition) is 2. The second kappa shape index (κ2) is 6.72. The van der Waals surface area contributed by atoms with E-state index in [9.17, 15) is 9.18 Å². The molecule has 6 heteroatoms. The van der Waals surface area contributed by atoms with Crippen LogP contribution in [0.2, 0.25) is 0 Å². The molecule has 0 bridgehead atoms. The zero-order valence-electron chi connectivity index (χ0n) is 11.0. The molecule has 0 heterocycles. The van der Waals surface area contributed by atoms with Gasteiger partial charge in [0.2, 0.25) is 5.91 Å². The first-order valence-electron chi connectivity index (χ1n) is 6.01. The van der Waals surface area contributed by atoms with E-state index < -0.39 is 11.7 Å². The van der Waals surface area contributed by atoms with Crippen molar-refractivity contribution >= 4 is 17.4 Å². The van der Waals surface area contributed by atoms with Crippen molar-refractivity contribution in [3.63, 3.8) is 0 Å². The summed E-state index contributed by atoms with van der Waals surface area (Å²) in [5, 5.41) is 11.6. The van der Waals surface area contributed by atoms with Gasteiger partial charge in [-0.1, -0.05) is 24.6 Å². The summed E-state index contributed by atoms with van der Waals surface area (Å²) >= 11 is 0. The predicted octanol–water partition coefficient (Wildman–Crippen LogP) is 1.95. The van der Waals surface area contributed by atoms with Crippen LogP contribution in [0, 0.1) is 11.7 Å². The summed E-state index contributed by atoms with van der Waals surface area (Å²) in [5.41, 5.74) is 5.96. The summed E-state index contributed by atoms with van der Waals surface area (Å²) in [5.74, 6) is -1.59. The van der Waals surface area contributed by atoms with Gasteiger partial charge in [0.05, 0.1) is 5.92 Å². The summed E-state index contributed by atoms with van der Waals surface area (Å²) in [6.45, 7) is 1.90. The lowest BCUT2D eigenvalue weighted by atomic mass is 10.0. The molecule has 0 aliphatic rings. The molecule has 0 aliphatic carbocycles. The highest BCUT2D eigenvalue weighted by molar-refractivity contribution is 6.08. The molecule has 0 saturated carbocycles. The van der Waals surface area contributed by atoms with E-state index in [2.05, 4.69) is 5.16 Å². The minimum absolute atomic E-state index is 0.130. The number of benzene rings is 1. The topological polar surface area (TPSA) is 78.9 Å². The quantitative estimate of drug-likeness (QED) is 0.370. The van der Waals surface area contributed by atoms with E-state index >= 15 is 0 Å². The smallest absolute Gasteiger partial charge is 0.237 e. The fourth-order valence-electron chi connectivity index (χ4n) is 1.80. The zero-order valence-corrected chi connectivity index (χ0v) is 11.0. The Morgan fingerprint density at radius 3 is 2.79 bits per heavy atom. The van der Waals surface area contributed by atoms with E-state index in [0.29, 0.717) is 18.5 Å². The zero-order chi connectivity index (χ0) is 14.4. The summed E-state index contributed by atoms with van der Waals surface area (Å²) in [4.78, 5) is 13.6. The molecule has 1 rings (SSSR count). The van der Waals surface area contributed by atoms with Crippen molar-refractivity contribution in [1.82, 2.24) is 0 Å². The second-order valence-electron chi connectivity index (χ2n) is 4.24. The van der Waals surface area contributed by atoms with E-state index in [0.717, 1.165) is 0 Å². The van der Waals surface area contributed by atoms with Gasteiger partial charge in [0.25, 0.3) is 0 Å². The van der Waals surface area contributed by atoms with Gasteiger partial charge in [-0.3, -0.25) is 4.79 Å². The van der Waals surface area contributed by atoms with Crippen LogP contribution in [0.15, 0.2) is 29.4 Å². The maximum absolute atomic E-state index is 13.1. The fraction of sp³-hybridized carbons (Fsp3) is 0.385. The number of anilines is 1. The molecule has 0 saturated heterocycles. The van der Waals surface area contributed by atoms with Crippen LogP contribution in [0.5, 0.6) is 0 Å². The van der Waals surface area contributed by atoms with E-state index in [4.69, 9.17) is 10.9 Å². The Kier molecular flexibility index (Phi) is 5.29. The third-order valence-electron chi connectivity index (χ3n) is 2.87. The van der Waals surface area contributed by atoms with Crippen molar-refractivity contribution in [1.29, 1.82) is 0 Å². The lowest BCUT2D eigenvalue weighted by Gasteiger charge is -2.23. The van der Waals surface area contributed by atoms with Gasteiger partial charge in [0.15, 0.2) is 5.84 Å². The molecule has 1 amide bonds. The number of halogens is 1. The molecule has 0 radical (unpaired) electrons. The van der Waals surface area contributed by atoms with Crippen LogP contribution in [0.4, 0.5) is 10.1 Å². The number of carbonyl (C=O) groups is 1. The van der Waals surface area contributed by atoms with Crippen molar-refractivity contribution in [2.24, 2.45) is 16.8 Å². The highest BCUT2D eigenvalue weighted by Gasteiger charge is 2.26. The molecule has 0 spiro atoms. The Labute approximate surface area is 111 Å². The average Bonchev–Trinajstić information content (AvgIpc) is 2.42. The number of oxime groups is 1. The molecule has 0 fully saturated rings. The van der Waals surface area contributed by atoms with Gasteiger partial charge in [-0.05, 0) is 24.6 Å². The largest absolute Gasteiger partial charge is 0.409 e. The van der Waals surface area contributed by atoms with Crippen LogP contribution in [0.1, 0.15) is 19.8 Å². The lowest BCUT2D eigenvalue weighted by Crippen LogP contribution is -2.40. The maximum atomic E-state index is 13.1. The molecule has 5 nitrogen and oxygen atoms in total. The van der Waals surface area contributed by atoms with Crippen molar-refractivity contribution in [3.05, 3.63) is 30.1 Å². The lowest BCUT2D eigenvalue weighted by molar-refractivity contribution is -0.120. The van der Waals surface area contributed by atoms with Crippen LogP contribution in [-0.2, 0) is 4.79 Å². The van der Waals surface area contributed by atoms with Gasteiger partial charge in [-0.25, -0.2) is 4.39 Å².